The summed E-state index contributed by atoms with van der Waals surface area (Å²) in [7, 11) is 1.50. The van der Waals surface area contributed by atoms with E-state index in [0.717, 1.165) is 16.7 Å². The van der Waals surface area contributed by atoms with E-state index in [1.165, 1.54) is 13.2 Å². The molecule has 0 fully saturated rings. The van der Waals surface area contributed by atoms with Crippen LogP contribution >= 0.6 is 0 Å². The number of ether oxygens (including phenoxy) is 2. The van der Waals surface area contributed by atoms with Crippen LogP contribution in [-0.4, -0.2) is 38.0 Å². The molecule has 0 radical (unpaired) electrons. The molecular weight excluding hydrogens is 372 g/mol. The van der Waals surface area contributed by atoms with Gasteiger partial charge in [-0.25, -0.2) is 4.79 Å². The fourth-order valence-electron chi connectivity index (χ4n) is 2.37. The Bertz CT molecular complexity index is 904. The molecule has 0 unspecified atom stereocenters. The predicted molar refractivity (Wildman–Crippen MR) is 111 cm³/mol. The molecule has 0 heterocycles. The average molecular weight is 396 g/mol. The molecule has 0 bridgehead atoms. The van der Waals surface area contributed by atoms with Crippen LogP contribution in [0.5, 0.6) is 5.75 Å². The van der Waals surface area contributed by atoms with E-state index in [-0.39, 0.29) is 6.54 Å². The van der Waals surface area contributed by atoms with Crippen molar-refractivity contribution in [1.29, 1.82) is 0 Å². The summed E-state index contributed by atoms with van der Waals surface area (Å²) in [6, 6.07) is 13.0. The normalized spacial score (nSPS) is 10.4. The summed E-state index contributed by atoms with van der Waals surface area (Å²) in [6.07, 6.45) is 2.84. The van der Waals surface area contributed by atoms with Crippen LogP contribution in [-0.2, 0) is 19.1 Å². The van der Waals surface area contributed by atoms with Crippen molar-refractivity contribution in [2.24, 2.45) is 0 Å². The van der Waals surface area contributed by atoms with Gasteiger partial charge in [-0.2, -0.15) is 0 Å². The maximum absolute atomic E-state index is 12.0. The minimum Gasteiger partial charge on any atom is -0.495 e. The van der Waals surface area contributed by atoms with Gasteiger partial charge in [-0.15, -0.1) is 0 Å². The van der Waals surface area contributed by atoms with Gasteiger partial charge in [0.05, 0.1) is 19.3 Å². The molecule has 0 saturated heterocycles. The third-order valence-electron chi connectivity index (χ3n) is 3.91. The van der Waals surface area contributed by atoms with Crippen LogP contribution in [0.4, 0.5) is 5.69 Å². The highest BCUT2D eigenvalue weighted by Gasteiger charge is 2.10. The summed E-state index contributed by atoms with van der Waals surface area (Å²) in [5.41, 5.74) is 3.43. The molecule has 2 aromatic rings. The molecule has 0 aliphatic heterocycles. The molecule has 0 spiro atoms. The van der Waals surface area contributed by atoms with E-state index in [0.29, 0.717) is 11.4 Å². The molecule has 2 aromatic carbocycles. The number of rotatable bonds is 8. The van der Waals surface area contributed by atoms with Gasteiger partial charge in [0.15, 0.2) is 6.61 Å². The van der Waals surface area contributed by atoms with E-state index in [9.17, 15) is 14.4 Å². The molecular formula is C22H24N2O5. The first-order valence-electron chi connectivity index (χ1n) is 9.00. The Morgan fingerprint density at radius 1 is 0.966 bits per heavy atom. The van der Waals surface area contributed by atoms with Gasteiger partial charge in [0.1, 0.15) is 5.75 Å². The number of benzene rings is 2. The van der Waals surface area contributed by atoms with E-state index < -0.39 is 24.4 Å². The third kappa shape index (κ3) is 7.50. The van der Waals surface area contributed by atoms with Gasteiger partial charge in [0, 0.05) is 6.08 Å². The van der Waals surface area contributed by atoms with E-state index in [2.05, 4.69) is 10.6 Å². The number of anilines is 1. The molecule has 7 heteroatoms. The maximum Gasteiger partial charge on any atom is 0.331 e. The van der Waals surface area contributed by atoms with Crippen molar-refractivity contribution in [3.8, 4) is 5.75 Å². The number of nitrogens with one attached hydrogen (secondary N) is 2. The van der Waals surface area contributed by atoms with Crippen LogP contribution in [0, 0.1) is 13.8 Å². The lowest BCUT2D eigenvalue weighted by Crippen LogP contribution is -2.35. The quantitative estimate of drug-likeness (QED) is 0.528. The Labute approximate surface area is 169 Å². The number of hydrogen-bond acceptors (Lipinski definition) is 5. The third-order valence-corrected chi connectivity index (χ3v) is 3.91. The maximum atomic E-state index is 12.0. The standard InChI is InChI=1S/C22H24N2O5/c1-15-4-7-17(8-5-15)9-11-22(27)29-14-21(26)23-13-20(25)24-18-12-16(2)6-10-19(18)28-3/h4-12H,13-14H2,1-3H3,(H,23,26)(H,24,25)/b11-9+. The first kappa shape index (κ1) is 21.7. The van der Waals surface area contributed by atoms with Crippen molar-refractivity contribution in [3.63, 3.8) is 0 Å². The number of hydrogen-bond donors (Lipinski definition) is 2. The summed E-state index contributed by atoms with van der Waals surface area (Å²) >= 11 is 0. The lowest BCUT2D eigenvalue weighted by Gasteiger charge is -2.11. The Morgan fingerprint density at radius 3 is 2.34 bits per heavy atom. The van der Waals surface area contributed by atoms with Gasteiger partial charge in [-0.05, 0) is 43.2 Å². The van der Waals surface area contributed by atoms with E-state index in [1.807, 2.05) is 44.2 Å². The molecule has 0 aliphatic rings. The van der Waals surface area contributed by atoms with Crippen LogP contribution < -0.4 is 15.4 Å². The van der Waals surface area contributed by atoms with Crippen LogP contribution in [0.15, 0.2) is 48.5 Å². The van der Waals surface area contributed by atoms with Crippen molar-refractivity contribution in [3.05, 3.63) is 65.2 Å². The van der Waals surface area contributed by atoms with Gasteiger partial charge in [-0.3, -0.25) is 9.59 Å². The van der Waals surface area contributed by atoms with Gasteiger partial charge in [0.25, 0.3) is 5.91 Å². The van der Waals surface area contributed by atoms with Crippen molar-refractivity contribution >= 4 is 29.5 Å². The molecule has 2 N–H and O–H groups in total. The number of carbonyl (C=O) groups is 3. The molecule has 2 amide bonds. The topological polar surface area (TPSA) is 93.7 Å². The summed E-state index contributed by atoms with van der Waals surface area (Å²) in [5, 5.41) is 5.06. The number of methoxy groups -OCH3 is 1. The van der Waals surface area contributed by atoms with Gasteiger partial charge in [0.2, 0.25) is 5.91 Å². The number of carbonyl (C=O) groups excluding carboxylic acids is 3. The Hall–Kier alpha value is -3.61. The molecule has 0 saturated carbocycles. The zero-order valence-electron chi connectivity index (χ0n) is 16.7. The van der Waals surface area contributed by atoms with E-state index in [1.54, 1.807) is 18.2 Å². The van der Waals surface area contributed by atoms with E-state index >= 15 is 0 Å². The van der Waals surface area contributed by atoms with Crippen molar-refractivity contribution in [2.75, 3.05) is 25.6 Å². The highest BCUT2D eigenvalue weighted by Crippen LogP contribution is 2.24. The second kappa shape index (κ2) is 10.7. The number of aryl methyl sites for hydroxylation is 2. The molecule has 0 aromatic heterocycles. The highest BCUT2D eigenvalue weighted by atomic mass is 16.5. The summed E-state index contributed by atoms with van der Waals surface area (Å²) in [5.74, 6) is -1.12. The monoisotopic (exact) mass is 396 g/mol. The molecule has 7 nitrogen and oxygen atoms in total. The predicted octanol–water partition coefficient (Wildman–Crippen LogP) is 2.62. The fourth-order valence-corrected chi connectivity index (χ4v) is 2.37. The molecule has 0 atom stereocenters. The number of amides is 2. The summed E-state index contributed by atoms with van der Waals surface area (Å²) < 4.78 is 10.0. The van der Waals surface area contributed by atoms with Crippen LogP contribution in [0.3, 0.4) is 0 Å². The second-order valence-electron chi connectivity index (χ2n) is 6.38. The van der Waals surface area contributed by atoms with Gasteiger partial charge < -0.3 is 20.1 Å². The van der Waals surface area contributed by atoms with Gasteiger partial charge in [-0.1, -0.05) is 35.9 Å². The second-order valence-corrected chi connectivity index (χ2v) is 6.38. The molecule has 0 aliphatic carbocycles. The van der Waals surface area contributed by atoms with Crippen LogP contribution in [0.25, 0.3) is 6.08 Å². The Balaban J connectivity index is 1.73. The summed E-state index contributed by atoms with van der Waals surface area (Å²) in [6.45, 7) is 3.13. The zero-order valence-corrected chi connectivity index (χ0v) is 16.7. The van der Waals surface area contributed by atoms with Gasteiger partial charge >= 0.3 is 5.97 Å². The first-order chi connectivity index (χ1) is 13.9. The lowest BCUT2D eigenvalue weighted by molar-refractivity contribution is -0.143. The van der Waals surface area contributed by atoms with Crippen molar-refractivity contribution < 1.29 is 23.9 Å². The largest absolute Gasteiger partial charge is 0.495 e. The van der Waals surface area contributed by atoms with Crippen molar-refractivity contribution in [2.45, 2.75) is 13.8 Å². The highest BCUT2D eigenvalue weighted by molar-refractivity contribution is 5.96. The molecule has 2 rings (SSSR count). The Morgan fingerprint density at radius 2 is 1.66 bits per heavy atom. The average Bonchev–Trinajstić information content (AvgIpc) is 2.70. The number of esters is 1. The smallest absolute Gasteiger partial charge is 0.331 e. The minimum absolute atomic E-state index is 0.257. The van der Waals surface area contributed by atoms with Crippen LogP contribution in [0.1, 0.15) is 16.7 Å². The first-order valence-corrected chi connectivity index (χ1v) is 9.00. The summed E-state index contributed by atoms with van der Waals surface area (Å²) in [4.78, 5) is 35.5. The lowest BCUT2D eigenvalue weighted by atomic mass is 10.1. The minimum atomic E-state index is -0.644. The Kier molecular flexibility index (Phi) is 7.97. The fraction of sp³-hybridized carbons (Fsp3) is 0.227. The SMILES string of the molecule is COc1ccc(C)cc1NC(=O)CNC(=O)COC(=O)/C=C/c1ccc(C)cc1. The zero-order chi connectivity index (χ0) is 21.2. The van der Waals surface area contributed by atoms with Crippen LogP contribution in [0.2, 0.25) is 0 Å². The van der Waals surface area contributed by atoms with Crippen molar-refractivity contribution in [1.82, 2.24) is 5.32 Å². The van der Waals surface area contributed by atoms with E-state index in [4.69, 9.17) is 9.47 Å². The molecule has 152 valence electrons. The molecule has 29 heavy (non-hydrogen) atoms.